The molecule has 0 saturated heterocycles. The molecule has 0 radical (unpaired) electrons. The fourth-order valence-corrected chi connectivity index (χ4v) is 2.38. The molecule has 0 aromatic heterocycles. The zero-order valence-corrected chi connectivity index (χ0v) is 11.2. The smallest absolute Gasteiger partial charge is 0.142 e. The van der Waals surface area contributed by atoms with Crippen molar-refractivity contribution in [1.29, 1.82) is 0 Å². The Labute approximate surface area is 112 Å². The summed E-state index contributed by atoms with van der Waals surface area (Å²) >= 11 is 1.78. The zero-order chi connectivity index (χ0) is 12.8. The first-order valence-electron chi connectivity index (χ1n) is 5.92. The van der Waals surface area contributed by atoms with Gasteiger partial charge in [0.15, 0.2) is 0 Å². The van der Waals surface area contributed by atoms with Crippen molar-refractivity contribution in [3.8, 4) is 5.75 Å². The third-order valence-corrected chi connectivity index (χ3v) is 3.49. The molecule has 2 nitrogen and oxygen atoms in total. The summed E-state index contributed by atoms with van der Waals surface area (Å²) in [6.45, 7) is 2.68. The van der Waals surface area contributed by atoms with Crippen molar-refractivity contribution in [2.75, 3.05) is 18.1 Å². The Kier molecular flexibility index (Phi) is 4.53. The summed E-state index contributed by atoms with van der Waals surface area (Å²) in [6.07, 6.45) is 0. The lowest BCUT2D eigenvalue weighted by atomic mass is 10.2. The quantitative estimate of drug-likeness (QED) is 0.504. The number of aryl methyl sites for hydroxylation is 1. The molecule has 3 heteroatoms. The molecule has 2 rings (SSSR count). The average Bonchev–Trinajstić information content (AvgIpc) is 2.38. The summed E-state index contributed by atoms with van der Waals surface area (Å²) in [4.78, 5) is 1.26. The van der Waals surface area contributed by atoms with E-state index in [1.807, 2.05) is 43.3 Å². The van der Waals surface area contributed by atoms with E-state index in [9.17, 15) is 0 Å². The van der Waals surface area contributed by atoms with Crippen LogP contribution in [0.3, 0.4) is 0 Å². The molecule has 0 bridgehead atoms. The van der Waals surface area contributed by atoms with Crippen molar-refractivity contribution in [2.24, 2.45) is 0 Å². The molecular formula is C15H17NOS. The maximum absolute atomic E-state index is 5.88. The highest BCUT2D eigenvalue weighted by atomic mass is 32.2. The number of nitrogens with two attached hydrogens (primary N) is 1. The van der Waals surface area contributed by atoms with Gasteiger partial charge in [-0.3, -0.25) is 0 Å². The fraction of sp³-hybridized carbons (Fsp3) is 0.200. The number of benzene rings is 2. The third-order valence-electron chi connectivity index (χ3n) is 2.52. The molecule has 18 heavy (non-hydrogen) atoms. The van der Waals surface area contributed by atoms with E-state index in [0.717, 1.165) is 17.1 Å². The Morgan fingerprint density at radius 1 is 1.11 bits per heavy atom. The SMILES string of the molecule is Cc1ccc(OCCSc2ccccc2)c(N)c1. The van der Waals surface area contributed by atoms with Crippen LogP contribution in [0.25, 0.3) is 0 Å². The maximum atomic E-state index is 5.88. The van der Waals surface area contributed by atoms with Crippen LogP contribution in [0.5, 0.6) is 5.75 Å². The van der Waals surface area contributed by atoms with Crippen molar-refractivity contribution < 1.29 is 4.74 Å². The molecule has 0 spiro atoms. The Bertz CT molecular complexity index is 499. The number of thioether (sulfide) groups is 1. The Balaban J connectivity index is 1.79. The van der Waals surface area contributed by atoms with Gasteiger partial charge in [-0.05, 0) is 36.8 Å². The van der Waals surface area contributed by atoms with Crippen LogP contribution >= 0.6 is 11.8 Å². The second kappa shape index (κ2) is 6.36. The average molecular weight is 259 g/mol. The van der Waals surface area contributed by atoms with Crippen LogP contribution < -0.4 is 10.5 Å². The minimum atomic E-state index is 0.660. The summed E-state index contributed by atoms with van der Waals surface area (Å²) in [5.41, 5.74) is 7.74. The fourth-order valence-electron chi connectivity index (χ4n) is 1.63. The molecule has 0 aliphatic carbocycles. The number of anilines is 1. The molecule has 0 unspecified atom stereocenters. The number of hydrogen-bond acceptors (Lipinski definition) is 3. The lowest BCUT2D eigenvalue weighted by Gasteiger charge is -2.09. The van der Waals surface area contributed by atoms with Crippen molar-refractivity contribution >= 4 is 17.4 Å². The van der Waals surface area contributed by atoms with Crippen LogP contribution in [0.1, 0.15) is 5.56 Å². The first kappa shape index (κ1) is 12.8. The molecule has 0 aliphatic heterocycles. The summed E-state index contributed by atoms with van der Waals surface area (Å²) in [6, 6.07) is 16.2. The van der Waals surface area contributed by atoms with Crippen LogP contribution in [-0.4, -0.2) is 12.4 Å². The minimum absolute atomic E-state index is 0.660. The minimum Gasteiger partial charge on any atom is -0.491 e. The number of hydrogen-bond donors (Lipinski definition) is 1. The molecular weight excluding hydrogens is 242 g/mol. The Morgan fingerprint density at radius 2 is 1.89 bits per heavy atom. The monoisotopic (exact) mass is 259 g/mol. The van der Waals surface area contributed by atoms with E-state index >= 15 is 0 Å². The standard InChI is InChI=1S/C15H17NOS/c1-12-7-8-15(14(16)11-12)17-9-10-18-13-5-3-2-4-6-13/h2-8,11H,9-10,16H2,1H3. The number of nitrogen functional groups attached to an aromatic ring is 1. The first-order chi connectivity index (χ1) is 8.75. The van der Waals surface area contributed by atoms with Gasteiger partial charge in [-0.2, -0.15) is 0 Å². The van der Waals surface area contributed by atoms with Crippen LogP contribution in [0, 0.1) is 6.92 Å². The lowest BCUT2D eigenvalue weighted by molar-refractivity contribution is 0.346. The van der Waals surface area contributed by atoms with Crippen LogP contribution in [0.15, 0.2) is 53.4 Å². The number of ether oxygens (including phenoxy) is 1. The molecule has 2 aromatic rings. The summed E-state index contributed by atoms with van der Waals surface area (Å²) in [7, 11) is 0. The van der Waals surface area contributed by atoms with E-state index in [1.165, 1.54) is 4.90 Å². The van der Waals surface area contributed by atoms with Gasteiger partial charge < -0.3 is 10.5 Å². The summed E-state index contributed by atoms with van der Waals surface area (Å²) in [5, 5.41) is 0. The van der Waals surface area contributed by atoms with Crippen molar-refractivity contribution in [2.45, 2.75) is 11.8 Å². The lowest BCUT2D eigenvalue weighted by Crippen LogP contribution is -2.02. The maximum Gasteiger partial charge on any atom is 0.142 e. The second-order valence-corrected chi connectivity index (χ2v) is 5.22. The third kappa shape index (κ3) is 3.70. The van der Waals surface area contributed by atoms with E-state index in [2.05, 4.69) is 12.1 Å². The van der Waals surface area contributed by atoms with Gasteiger partial charge in [0, 0.05) is 10.6 Å². The first-order valence-corrected chi connectivity index (χ1v) is 6.91. The predicted octanol–water partition coefficient (Wildman–Crippen LogP) is 3.75. The van der Waals surface area contributed by atoms with Crippen molar-refractivity contribution in [1.82, 2.24) is 0 Å². The highest BCUT2D eigenvalue weighted by Gasteiger charge is 2.00. The Morgan fingerprint density at radius 3 is 2.61 bits per heavy atom. The predicted molar refractivity (Wildman–Crippen MR) is 78.3 cm³/mol. The van der Waals surface area contributed by atoms with Gasteiger partial charge >= 0.3 is 0 Å². The largest absolute Gasteiger partial charge is 0.491 e. The van der Waals surface area contributed by atoms with Gasteiger partial charge in [-0.15, -0.1) is 11.8 Å². The van der Waals surface area contributed by atoms with E-state index < -0.39 is 0 Å². The molecule has 0 aliphatic rings. The molecule has 2 aromatic carbocycles. The zero-order valence-electron chi connectivity index (χ0n) is 10.4. The van der Waals surface area contributed by atoms with Gasteiger partial charge in [0.25, 0.3) is 0 Å². The normalized spacial score (nSPS) is 10.3. The van der Waals surface area contributed by atoms with E-state index in [0.29, 0.717) is 12.3 Å². The molecule has 2 N–H and O–H groups in total. The van der Waals surface area contributed by atoms with Crippen LogP contribution in [-0.2, 0) is 0 Å². The molecule has 0 fully saturated rings. The van der Waals surface area contributed by atoms with Gasteiger partial charge in [-0.25, -0.2) is 0 Å². The van der Waals surface area contributed by atoms with Gasteiger partial charge in [0.1, 0.15) is 5.75 Å². The van der Waals surface area contributed by atoms with E-state index in [1.54, 1.807) is 11.8 Å². The van der Waals surface area contributed by atoms with Gasteiger partial charge in [0.2, 0.25) is 0 Å². The molecule has 0 saturated carbocycles. The van der Waals surface area contributed by atoms with E-state index in [-0.39, 0.29) is 0 Å². The highest BCUT2D eigenvalue weighted by Crippen LogP contribution is 2.23. The summed E-state index contributed by atoms with van der Waals surface area (Å²) < 4.78 is 5.67. The summed E-state index contributed by atoms with van der Waals surface area (Å²) in [5.74, 6) is 1.69. The van der Waals surface area contributed by atoms with Crippen molar-refractivity contribution in [3.63, 3.8) is 0 Å². The molecule has 0 amide bonds. The highest BCUT2D eigenvalue weighted by molar-refractivity contribution is 7.99. The molecule has 0 atom stereocenters. The van der Waals surface area contributed by atoms with E-state index in [4.69, 9.17) is 10.5 Å². The Hall–Kier alpha value is -1.61. The van der Waals surface area contributed by atoms with Crippen LogP contribution in [0.2, 0.25) is 0 Å². The molecule has 0 heterocycles. The molecule has 94 valence electrons. The number of rotatable bonds is 5. The van der Waals surface area contributed by atoms with Gasteiger partial charge in [0.05, 0.1) is 12.3 Å². The topological polar surface area (TPSA) is 35.2 Å². The second-order valence-electron chi connectivity index (χ2n) is 4.05. The van der Waals surface area contributed by atoms with Crippen LogP contribution in [0.4, 0.5) is 5.69 Å². The van der Waals surface area contributed by atoms with Crippen molar-refractivity contribution in [3.05, 3.63) is 54.1 Å². The van der Waals surface area contributed by atoms with Gasteiger partial charge in [-0.1, -0.05) is 24.3 Å².